The van der Waals surface area contributed by atoms with E-state index in [1.807, 2.05) is 44.2 Å². The smallest absolute Gasteiger partial charge is 0.346 e. The minimum absolute atomic E-state index is 0.156. The topological polar surface area (TPSA) is 99.0 Å². The third-order valence-corrected chi connectivity index (χ3v) is 4.17. The van der Waals surface area contributed by atoms with Gasteiger partial charge in [0.2, 0.25) is 17.7 Å². The Balaban J connectivity index is 1.77. The van der Waals surface area contributed by atoms with Crippen molar-refractivity contribution in [2.45, 2.75) is 39.9 Å². The molecule has 0 aliphatic carbocycles. The molecule has 0 aliphatic heterocycles. The Labute approximate surface area is 156 Å². The zero-order chi connectivity index (χ0) is 19.4. The van der Waals surface area contributed by atoms with Gasteiger partial charge < -0.3 is 9.32 Å². The molecular weight excluding hydrogens is 348 g/mol. The lowest BCUT2D eigenvalue weighted by Crippen LogP contribution is -2.34. The molecule has 0 radical (unpaired) electrons. The molecule has 2 aromatic heterocycles. The first-order valence-electron chi connectivity index (χ1n) is 8.81. The van der Waals surface area contributed by atoms with Gasteiger partial charge in [0.25, 0.3) is 0 Å². The molecule has 0 aliphatic rings. The summed E-state index contributed by atoms with van der Waals surface area (Å²) in [5.41, 5.74) is 0.512. The number of likely N-dealkylation sites (N-methyl/N-ethyl adjacent to an activating group) is 1. The van der Waals surface area contributed by atoms with Crippen molar-refractivity contribution < 1.29 is 9.21 Å². The summed E-state index contributed by atoms with van der Waals surface area (Å²) in [6, 6.07) is 9.43. The van der Waals surface area contributed by atoms with Crippen molar-refractivity contribution in [2.75, 3.05) is 7.05 Å². The molecule has 9 heteroatoms. The number of hydrogen-bond acceptors (Lipinski definition) is 6. The molecule has 2 heterocycles. The van der Waals surface area contributed by atoms with Gasteiger partial charge in [0.15, 0.2) is 5.82 Å². The molecule has 1 amide bonds. The Kier molecular flexibility index (Phi) is 5.49. The lowest BCUT2D eigenvalue weighted by atomic mass is 10.2. The largest absolute Gasteiger partial charge is 0.423 e. The standard InChI is InChI=1S/C18H22N6O3/c1-4-14-19-20-15(27-14)11-22(3)16(25)12-24-18(26)23(5-2)17(21-24)13-9-7-6-8-10-13/h6-10H,4-5,11-12H2,1-3H3. The van der Waals surface area contributed by atoms with Crippen LogP contribution in [0.1, 0.15) is 25.6 Å². The monoisotopic (exact) mass is 370 g/mol. The third kappa shape index (κ3) is 3.97. The van der Waals surface area contributed by atoms with Crippen LogP contribution in [0.5, 0.6) is 0 Å². The zero-order valence-electron chi connectivity index (χ0n) is 15.6. The first-order chi connectivity index (χ1) is 13.0. The van der Waals surface area contributed by atoms with Crippen molar-refractivity contribution in [3.63, 3.8) is 0 Å². The van der Waals surface area contributed by atoms with E-state index in [0.717, 1.165) is 5.56 Å². The van der Waals surface area contributed by atoms with Gasteiger partial charge in [-0.2, -0.15) is 0 Å². The number of aromatic nitrogens is 5. The van der Waals surface area contributed by atoms with Crippen molar-refractivity contribution in [1.82, 2.24) is 29.4 Å². The number of carbonyl (C=O) groups is 1. The minimum Gasteiger partial charge on any atom is -0.423 e. The van der Waals surface area contributed by atoms with Crippen LogP contribution < -0.4 is 5.69 Å². The molecule has 0 unspecified atom stereocenters. The van der Waals surface area contributed by atoms with E-state index >= 15 is 0 Å². The predicted octanol–water partition coefficient (Wildman–Crippen LogP) is 1.34. The van der Waals surface area contributed by atoms with Gasteiger partial charge in [0, 0.05) is 25.6 Å². The maximum absolute atomic E-state index is 12.6. The summed E-state index contributed by atoms with van der Waals surface area (Å²) in [5.74, 6) is 1.16. The van der Waals surface area contributed by atoms with Crippen LogP contribution >= 0.6 is 0 Å². The van der Waals surface area contributed by atoms with Gasteiger partial charge in [-0.05, 0) is 6.92 Å². The highest BCUT2D eigenvalue weighted by Gasteiger charge is 2.19. The molecule has 0 saturated carbocycles. The Hall–Kier alpha value is -3.23. The highest BCUT2D eigenvalue weighted by molar-refractivity contribution is 5.75. The number of nitrogens with zero attached hydrogens (tertiary/aromatic N) is 6. The van der Waals surface area contributed by atoms with Crippen molar-refractivity contribution in [3.05, 3.63) is 52.6 Å². The van der Waals surface area contributed by atoms with Crippen molar-refractivity contribution >= 4 is 5.91 Å². The van der Waals surface area contributed by atoms with Crippen molar-refractivity contribution in [1.29, 1.82) is 0 Å². The Bertz CT molecular complexity index is 973. The average Bonchev–Trinajstić information content (AvgIpc) is 3.26. The third-order valence-electron chi connectivity index (χ3n) is 4.17. The molecule has 3 aromatic rings. The number of amides is 1. The molecule has 0 bridgehead atoms. The number of benzene rings is 1. The Morgan fingerprint density at radius 2 is 1.85 bits per heavy atom. The summed E-state index contributed by atoms with van der Waals surface area (Å²) in [5, 5.41) is 12.2. The quantitative estimate of drug-likeness (QED) is 0.622. The van der Waals surface area contributed by atoms with E-state index in [4.69, 9.17) is 4.42 Å². The van der Waals surface area contributed by atoms with Crippen molar-refractivity contribution in [2.24, 2.45) is 0 Å². The van der Waals surface area contributed by atoms with Crippen LogP contribution in [0.25, 0.3) is 11.4 Å². The fourth-order valence-electron chi connectivity index (χ4n) is 2.66. The van der Waals surface area contributed by atoms with Crippen LogP contribution in [0.15, 0.2) is 39.5 Å². The maximum Gasteiger partial charge on any atom is 0.346 e. The van der Waals surface area contributed by atoms with E-state index in [9.17, 15) is 9.59 Å². The minimum atomic E-state index is -0.316. The van der Waals surface area contributed by atoms with Gasteiger partial charge in [-0.25, -0.2) is 9.48 Å². The predicted molar refractivity (Wildman–Crippen MR) is 97.7 cm³/mol. The van der Waals surface area contributed by atoms with Gasteiger partial charge in [-0.15, -0.1) is 15.3 Å². The second-order valence-corrected chi connectivity index (χ2v) is 6.07. The summed E-state index contributed by atoms with van der Waals surface area (Å²) in [6.45, 7) is 4.27. The van der Waals surface area contributed by atoms with E-state index < -0.39 is 0 Å². The molecule has 0 spiro atoms. The Morgan fingerprint density at radius 3 is 2.48 bits per heavy atom. The van der Waals surface area contributed by atoms with Gasteiger partial charge in [0.05, 0.1) is 6.54 Å². The van der Waals surface area contributed by atoms with Crippen LogP contribution in [0, 0.1) is 0 Å². The SMILES string of the molecule is CCc1nnc(CN(C)C(=O)Cn2nc(-c3ccccc3)n(CC)c2=O)o1. The van der Waals surface area contributed by atoms with E-state index in [0.29, 0.717) is 30.6 Å². The molecular formula is C18H22N6O3. The molecule has 9 nitrogen and oxygen atoms in total. The highest BCUT2D eigenvalue weighted by Crippen LogP contribution is 2.15. The number of rotatable bonds is 7. The molecule has 0 fully saturated rings. The molecule has 0 atom stereocenters. The summed E-state index contributed by atoms with van der Waals surface area (Å²) in [7, 11) is 1.62. The van der Waals surface area contributed by atoms with E-state index in [-0.39, 0.29) is 24.7 Å². The normalized spacial score (nSPS) is 10.9. The van der Waals surface area contributed by atoms with Gasteiger partial charge in [-0.1, -0.05) is 37.3 Å². The summed E-state index contributed by atoms with van der Waals surface area (Å²) < 4.78 is 8.16. The Morgan fingerprint density at radius 1 is 1.15 bits per heavy atom. The maximum atomic E-state index is 12.6. The lowest BCUT2D eigenvalue weighted by molar-refractivity contribution is -0.131. The summed E-state index contributed by atoms with van der Waals surface area (Å²) >= 11 is 0. The molecule has 0 N–H and O–H groups in total. The van der Waals surface area contributed by atoms with Crippen LogP contribution in [-0.2, 0) is 30.8 Å². The molecule has 142 valence electrons. The summed E-state index contributed by atoms with van der Waals surface area (Å²) in [4.78, 5) is 26.6. The molecule has 27 heavy (non-hydrogen) atoms. The van der Waals surface area contributed by atoms with Crippen LogP contribution in [0.3, 0.4) is 0 Å². The molecule has 0 saturated heterocycles. The van der Waals surface area contributed by atoms with Crippen LogP contribution in [-0.4, -0.2) is 42.4 Å². The highest BCUT2D eigenvalue weighted by atomic mass is 16.4. The van der Waals surface area contributed by atoms with E-state index in [1.165, 1.54) is 9.58 Å². The second kappa shape index (κ2) is 7.98. The zero-order valence-corrected chi connectivity index (χ0v) is 15.6. The van der Waals surface area contributed by atoms with Gasteiger partial charge in [-0.3, -0.25) is 9.36 Å². The van der Waals surface area contributed by atoms with Crippen LogP contribution in [0.2, 0.25) is 0 Å². The van der Waals surface area contributed by atoms with Gasteiger partial charge in [0.1, 0.15) is 6.54 Å². The second-order valence-electron chi connectivity index (χ2n) is 6.07. The fourth-order valence-corrected chi connectivity index (χ4v) is 2.66. The molecule has 1 aromatic carbocycles. The lowest BCUT2D eigenvalue weighted by Gasteiger charge is -2.14. The fraction of sp³-hybridized carbons (Fsp3) is 0.389. The van der Waals surface area contributed by atoms with Crippen molar-refractivity contribution in [3.8, 4) is 11.4 Å². The average molecular weight is 370 g/mol. The first-order valence-corrected chi connectivity index (χ1v) is 8.81. The summed E-state index contributed by atoms with van der Waals surface area (Å²) in [6.07, 6.45) is 0.636. The number of aryl methyl sites for hydroxylation is 1. The molecule has 3 rings (SSSR count). The van der Waals surface area contributed by atoms with Crippen LogP contribution in [0.4, 0.5) is 0 Å². The first kappa shape index (κ1) is 18.6. The van der Waals surface area contributed by atoms with E-state index in [1.54, 1.807) is 11.6 Å². The van der Waals surface area contributed by atoms with Gasteiger partial charge >= 0.3 is 5.69 Å². The number of hydrogen-bond donors (Lipinski definition) is 0. The van der Waals surface area contributed by atoms with E-state index in [2.05, 4.69) is 15.3 Å². The number of carbonyl (C=O) groups excluding carboxylic acids is 1.